The van der Waals surface area contributed by atoms with Crippen LogP contribution in [0.5, 0.6) is 0 Å². The minimum atomic E-state index is -0.0487. The van der Waals surface area contributed by atoms with Crippen LogP contribution in [-0.2, 0) is 5.75 Å². The molecule has 6 nitrogen and oxygen atoms in total. The molecule has 0 unspecified atom stereocenters. The normalized spacial score (nSPS) is 10.7. The second kappa shape index (κ2) is 9.32. The number of aryl methyl sites for hydroxylation is 1. The molecule has 1 amide bonds. The first-order valence-electron chi connectivity index (χ1n) is 7.70. The first-order chi connectivity index (χ1) is 11.2. The largest absolute Gasteiger partial charge is 0.351 e. The third-order valence-electron chi connectivity index (χ3n) is 3.06. The summed E-state index contributed by atoms with van der Waals surface area (Å²) in [5.74, 6) is 1.82. The van der Waals surface area contributed by atoms with Gasteiger partial charge < -0.3 is 15.2 Å². The number of rotatable bonds is 9. The van der Waals surface area contributed by atoms with Crippen LogP contribution in [0.2, 0.25) is 0 Å². The Labute approximate surface area is 140 Å². The Kier molecular flexibility index (Phi) is 7.09. The molecule has 0 saturated heterocycles. The van der Waals surface area contributed by atoms with E-state index in [0.717, 1.165) is 24.4 Å². The lowest BCUT2D eigenvalue weighted by molar-refractivity contribution is 0.0954. The van der Waals surface area contributed by atoms with Crippen molar-refractivity contribution in [2.24, 2.45) is 0 Å². The molecule has 0 fully saturated rings. The van der Waals surface area contributed by atoms with Gasteiger partial charge in [0, 0.05) is 23.5 Å². The summed E-state index contributed by atoms with van der Waals surface area (Å²) in [6, 6.07) is 7.52. The summed E-state index contributed by atoms with van der Waals surface area (Å²) in [5, 5.41) is 9.90. The molecule has 0 saturated carbocycles. The Morgan fingerprint density at radius 3 is 2.65 bits per heavy atom. The highest BCUT2D eigenvalue weighted by Crippen LogP contribution is 2.22. The van der Waals surface area contributed by atoms with Crippen LogP contribution in [0.1, 0.15) is 35.4 Å². The van der Waals surface area contributed by atoms with Crippen molar-refractivity contribution in [3.05, 3.63) is 41.5 Å². The maximum Gasteiger partial charge on any atom is 0.251 e. The fraction of sp³-hybridized carbons (Fsp3) is 0.438. The lowest BCUT2D eigenvalue weighted by Gasteiger charge is -2.06. The van der Waals surface area contributed by atoms with Crippen LogP contribution >= 0.6 is 11.8 Å². The van der Waals surface area contributed by atoms with Crippen LogP contribution in [0.25, 0.3) is 0 Å². The van der Waals surface area contributed by atoms with Gasteiger partial charge in [0.05, 0.1) is 5.75 Å². The van der Waals surface area contributed by atoms with Crippen LogP contribution < -0.4 is 10.6 Å². The molecule has 1 aromatic heterocycles. The summed E-state index contributed by atoms with van der Waals surface area (Å²) in [6.07, 6.45) is 1.09. The molecule has 0 aliphatic heterocycles. The molecule has 1 aromatic carbocycles. The topological polar surface area (TPSA) is 80.0 Å². The van der Waals surface area contributed by atoms with Gasteiger partial charge >= 0.3 is 0 Å². The van der Waals surface area contributed by atoms with E-state index in [0.29, 0.717) is 29.6 Å². The number of hydrogen-bond donors (Lipinski definition) is 2. The molecule has 124 valence electrons. The van der Waals surface area contributed by atoms with Crippen molar-refractivity contribution >= 4 is 17.7 Å². The summed E-state index contributed by atoms with van der Waals surface area (Å²) < 4.78 is 5.07. The number of hydrogen-bond acceptors (Lipinski definition) is 6. The van der Waals surface area contributed by atoms with E-state index in [1.807, 2.05) is 24.3 Å². The number of nitrogens with zero attached hydrogens (tertiary/aromatic N) is 2. The van der Waals surface area contributed by atoms with E-state index in [2.05, 4.69) is 27.7 Å². The minimum absolute atomic E-state index is 0.0487. The molecule has 2 aromatic rings. The van der Waals surface area contributed by atoms with Crippen molar-refractivity contribution in [2.75, 3.05) is 19.6 Å². The van der Waals surface area contributed by atoms with Gasteiger partial charge in [0.1, 0.15) is 0 Å². The highest BCUT2D eigenvalue weighted by atomic mass is 32.2. The van der Waals surface area contributed by atoms with Crippen LogP contribution in [-0.4, -0.2) is 35.7 Å². The predicted octanol–water partition coefficient (Wildman–Crippen LogP) is 2.40. The van der Waals surface area contributed by atoms with Gasteiger partial charge in [-0.2, -0.15) is 4.98 Å². The fourth-order valence-corrected chi connectivity index (χ4v) is 2.65. The Hall–Kier alpha value is -1.86. The number of aromatic nitrogens is 2. The van der Waals surface area contributed by atoms with Crippen LogP contribution in [0.3, 0.4) is 0 Å². The Bertz CT molecular complexity index is 613. The lowest BCUT2D eigenvalue weighted by Crippen LogP contribution is -2.32. The molecular weight excluding hydrogens is 312 g/mol. The monoisotopic (exact) mass is 334 g/mol. The third-order valence-corrected chi connectivity index (χ3v) is 4.06. The van der Waals surface area contributed by atoms with E-state index in [-0.39, 0.29) is 5.91 Å². The molecule has 2 rings (SSSR count). The second-order valence-electron chi connectivity index (χ2n) is 5.05. The zero-order valence-electron chi connectivity index (χ0n) is 13.5. The Morgan fingerprint density at radius 2 is 2.00 bits per heavy atom. The number of carbonyl (C=O) groups is 1. The smallest absolute Gasteiger partial charge is 0.251 e. The molecule has 7 heteroatoms. The SMILES string of the molecule is CCCNCCNC(=O)c1ccc(SCc2nc(C)no2)cc1. The van der Waals surface area contributed by atoms with Crippen molar-refractivity contribution in [1.82, 2.24) is 20.8 Å². The third kappa shape index (κ3) is 6.03. The Morgan fingerprint density at radius 1 is 1.22 bits per heavy atom. The zero-order chi connectivity index (χ0) is 16.5. The Balaban J connectivity index is 1.76. The van der Waals surface area contributed by atoms with Gasteiger partial charge in [-0.25, -0.2) is 0 Å². The quantitative estimate of drug-likeness (QED) is 0.541. The van der Waals surface area contributed by atoms with Crippen molar-refractivity contribution in [3.63, 3.8) is 0 Å². The van der Waals surface area contributed by atoms with Crippen molar-refractivity contribution in [2.45, 2.75) is 30.9 Å². The van der Waals surface area contributed by atoms with E-state index in [4.69, 9.17) is 4.52 Å². The van der Waals surface area contributed by atoms with Gasteiger partial charge in [-0.3, -0.25) is 4.79 Å². The molecular formula is C16H22N4O2S. The zero-order valence-corrected chi connectivity index (χ0v) is 14.3. The second-order valence-corrected chi connectivity index (χ2v) is 6.10. The van der Waals surface area contributed by atoms with Gasteiger partial charge in [0.25, 0.3) is 5.91 Å². The standard InChI is InChI=1S/C16H22N4O2S/c1-3-8-17-9-10-18-16(21)13-4-6-14(7-5-13)23-11-15-19-12(2)20-22-15/h4-7,17H,3,8-11H2,1-2H3,(H,18,21). The van der Waals surface area contributed by atoms with E-state index in [1.165, 1.54) is 0 Å². The summed E-state index contributed by atoms with van der Waals surface area (Å²) in [6.45, 7) is 6.30. The average Bonchev–Trinajstić information content (AvgIpc) is 2.98. The number of nitrogens with one attached hydrogen (secondary N) is 2. The molecule has 0 bridgehead atoms. The minimum Gasteiger partial charge on any atom is -0.351 e. The van der Waals surface area contributed by atoms with Gasteiger partial charge in [-0.15, -0.1) is 11.8 Å². The number of carbonyl (C=O) groups excluding carboxylic acids is 1. The highest BCUT2D eigenvalue weighted by Gasteiger charge is 2.06. The molecule has 0 spiro atoms. The van der Waals surface area contributed by atoms with Gasteiger partial charge in [0.15, 0.2) is 5.82 Å². The number of benzene rings is 1. The van der Waals surface area contributed by atoms with E-state index < -0.39 is 0 Å². The summed E-state index contributed by atoms with van der Waals surface area (Å²) >= 11 is 1.60. The number of amides is 1. The van der Waals surface area contributed by atoms with Crippen LogP contribution in [0.4, 0.5) is 0 Å². The molecule has 0 atom stereocenters. The molecule has 23 heavy (non-hydrogen) atoms. The van der Waals surface area contributed by atoms with E-state index in [1.54, 1.807) is 18.7 Å². The maximum atomic E-state index is 12.0. The van der Waals surface area contributed by atoms with Crippen molar-refractivity contribution in [1.29, 1.82) is 0 Å². The average molecular weight is 334 g/mol. The highest BCUT2D eigenvalue weighted by molar-refractivity contribution is 7.98. The van der Waals surface area contributed by atoms with E-state index >= 15 is 0 Å². The van der Waals surface area contributed by atoms with Gasteiger partial charge in [0.2, 0.25) is 5.89 Å². The van der Waals surface area contributed by atoms with Crippen molar-refractivity contribution < 1.29 is 9.32 Å². The molecule has 2 N–H and O–H groups in total. The fourth-order valence-electron chi connectivity index (χ4n) is 1.91. The molecule has 0 aliphatic carbocycles. The summed E-state index contributed by atoms with van der Waals surface area (Å²) in [5.41, 5.74) is 0.665. The number of thioether (sulfide) groups is 1. The predicted molar refractivity (Wildman–Crippen MR) is 90.5 cm³/mol. The van der Waals surface area contributed by atoms with Crippen molar-refractivity contribution in [3.8, 4) is 0 Å². The lowest BCUT2D eigenvalue weighted by atomic mass is 10.2. The van der Waals surface area contributed by atoms with E-state index in [9.17, 15) is 4.79 Å². The van der Waals surface area contributed by atoms with Crippen LogP contribution in [0, 0.1) is 6.92 Å². The summed E-state index contributed by atoms with van der Waals surface area (Å²) in [4.78, 5) is 17.2. The molecule has 1 heterocycles. The summed E-state index contributed by atoms with van der Waals surface area (Å²) in [7, 11) is 0. The van der Waals surface area contributed by atoms with Crippen LogP contribution in [0.15, 0.2) is 33.7 Å². The first-order valence-corrected chi connectivity index (χ1v) is 8.68. The van der Waals surface area contributed by atoms with Gasteiger partial charge in [-0.1, -0.05) is 12.1 Å². The maximum absolute atomic E-state index is 12.0. The first kappa shape index (κ1) is 17.5. The molecule has 0 radical (unpaired) electrons. The van der Waals surface area contributed by atoms with Gasteiger partial charge in [-0.05, 0) is 44.2 Å². The molecule has 0 aliphatic rings.